The quantitative estimate of drug-likeness (QED) is 0.734. The third-order valence-electron chi connectivity index (χ3n) is 2.80. The number of rotatable bonds is 7. The standard InChI is InChI=1S/C14H19NO4/c1-3-19-9-12-7-5-4-6-11(12)8-15-13(16)10(2)14(17)18/h4-7,10H,3,8-9H2,1-2H3,(H,15,16)(H,17,18). The summed E-state index contributed by atoms with van der Waals surface area (Å²) in [6.07, 6.45) is 0. The van der Waals surface area contributed by atoms with Gasteiger partial charge in [-0.3, -0.25) is 9.59 Å². The maximum absolute atomic E-state index is 11.6. The highest BCUT2D eigenvalue weighted by molar-refractivity contribution is 5.96. The Kier molecular flexibility index (Phi) is 6.02. The van der Waals surface area contributed by atoms with Crippen LogP contribution in [0.15, 0.2) is 24.3 Å². The summed E-state index contributed by atoms with van der Waals surface area (Å²) in [4.78, 5) is 22.2. The zero-order chi connectivity index (χ0) is 14.3. The van der Waals surface area contributed by atoms with Gasteiger partial charge < -0.3 is 15.2 Å². The van der Waals surface area contributed by atoms with Gasteiger partial charge in [0.2, 0.25) is 5.91 Å². The molecular weight excluding hydrogens is 246 g/mol. The van der Waals surface area contributed by atoms with Crippen LogP contribution < -0.4 is 5.32 Å². The summed E-state index contributed by atoms with van der Waals surface area (Å²) in [6, 6.07) is 7.59. The molecule has 0 aliphatic heterocycles. The molecule has 0 spiro atoms. The number of amides is 1. The highest BCUT2D eigenvalue weighted by Gasteiger charge is 2.20. The van der Waals surface area contributed by atoms with Gasteiger partial charge >= 0.3 is 5.97 Å². The van der Waals surface area contributed by atoms with Crippen molar-refractivity contribution in [3.63, 3.8) is 0 Å². The summed E-state index contributed by atoms with van der Waals surface area (Å²) in [5.41, 5.74) is 1.93. The summed E-state index contributed by atoms with van der Waals surface area (Å²) < 4.78 is 5.35. The molecule has 19 heavy (non-hydrogen) atoms. The number of carboxylic acid groups (broad SMARTS) is 1. The second-order valence-corrected chi connectivity index (χ2v) is 4.18. The Morgan fingerprint density at radius 2 is 1.95 bits per heavy atom. The maximum Gasteiger partial charge on any atom is 0.315 e. The summed E-state index contributed by atoms with van der Waals surface area (Å²) >= 11 is 0. The molecule has 0 heterocycles. The molecule has 5 nitrogen and oxygen atoms in total. The number of carbonyl (C=O) groups excluding carboxylic acids is 1. The summed E-state index contributed by atoms with van der Waals surface area (Å²) in [5.74, 6) is -2.65. The normalized spacial score (nSPS) is 11.9. The van der Waals surface area contributed by atoms with Crippen molar-refractivity contribution in [3.05, 3.63) is 35.4 Å². The zero-order valence-corrected chi connectivity index (χ0v) is 11.2. The maximum atomic E-state index is 11.6. The average molecular weight is 265 g/mol. The lowest BCUT2D eigenvalue weighted by atomic mass is 10.1. The number of carboxylic acids is 1. The largest absolute Gasteiger partial charge is 0.481 e. The number of ether oxygens (including phenoxy) is 1. The lowest BCUT2D eigenvalue weighted by Crippen LogP contribution is -2.33. The van der Waals surface area contributed by atoms with Crippen molar-refractivity contribution in [1.29, 1.82) is 0 Å². The Bertz CT molecular complexity index is 445. The van der Waals surface area contributed by atoms with E-state index >= 15 is 0 Å². The molecule has 1 rings (SSSR count). The fourth-order valence-corrected chi connectivity index (χ4v) is 1.53. The van der Waals surface area contributed by atoms with Crippen molar-refractivity contribution >= 4 is 11.9 Å². The highest BCUT2D eigenvalue weighted by Crippen LogP contribution is 2.10. The molecule has 0 aliphatic carbocycles. The average Bonchev–Trinajstić information content (AvgIpc) is 2.42. The zero-order valence-electron chi connectivity index (χ0n) is 11.2. The van der Waals surface area contributed by atoms with E-state index in [1.165, 1.54) is 6.92 Å². The SMILES string of the molecule is CCOCc1ccccc1CNC(=O)C(C)C(=O)O. The molecule has 1 atom stereocenters. The van der Waals surface area contributed by atoms with E-state index in [1.807, 2.05) is 31.2 Å². The van der Waals surface area contributed by atoms with Crippen LogP contribution in [-0.2, 0) is 27.5 Å². The van der Waals surface area contributed by atoms with E-state index in [1.54, 1.807) is 0 Å². The van der Waals surface area contributed by atoms with Gasteiger partial charge in [-0.1, -0.05) is 24.3 Å². The number of nitrogens with one attached hydrogen (secondary N) is 1. The van der Waals surface area contributed by atoms with Gasteiger partial charge in [-0.25, -0.2) is 0 Å². The first-order valence-corrected chi connectivity index (χ1v) is 6.21. The molecule has 0 aromatic heterocycles. The van der Waals surface area contributed by atoms with E-state index in [9.17, 15) is 9.59 Å². The third kappa shape index (κ3) is 4.71. The van der Waals surface area contributed by atoms with Crippen molar-refractivity contribution < 1.29 is 19.4 Å². The first kappa shape index (κ1) is 15.2. The van der Waals surface area contributed by atoms with Crippen molar-refractivity contribution in [3.8, 4) is 0 Å². The van der Waals surface area contributed by atoms with E-state index < -0.39 is 17.8 Å². The Morgan fingerprint density at radius 1 is 1.32 bits per heavy atom. The van der Waals surface area contributed by atoms with E-state index in [2.05, 4.69) is 5.32 Å². The Morgan fingerprint density at radius 3 is 2.53 bits per heavy atom. The minimum absolute atomic E-state index is 0.305. The van der Waals surface area contributed by atoms with E-state index in [0.29, 0.717) is 19.8 Å². The van der Waals surface area contributed by atoms with Gasteiger partial charge in [-0.15, -0.1) is 0 Å². The second kappa shape index (κ2) is 7.53. The molecule has 1 aromatic rings. The number of carbonyl (C=O) groups is 2. The molecule has 2 N–H and O–H groups in total. The van der Waals surface area contributed by atoms with Gasteiger partial charge in [-0.2, -0.15) is 0 Å². The molecule has 5 heteroatoms. The van der Waals surface area contributed by atoms with Crippen molar-refractivity contribution in [2.45, 2.75) is 27.0 Å². The van der Waals surface area contributed by atoms with Crippen LogP contribution in [0.1, 0.15) is 25.0 Å². The molecule has 0 radical (unpaired) electrons. The van der Waals surface area contributed by atoms with E-state index in [-0.39, 0.29) is 0 Å². The van der Waals surface area contributed by atoms with Crippen LogP contribution >= 0.6 is 0 Å². The molecule has 0 saturated heterocycles. The van der Waals surface area contributed by atoms with Crippen LogP contribution in [0, 0.1) is 5.92 Å². The van der Waals surface area contributed by atoms with Gasteiger partial charge in [0.1, 0.15) is 5.92 Å². The van der Waals surface area contributed by atoms with Gasteiger partial charge in [0.05, 0.1) is 6.61 Å². The predicted molar refractivity (Wildman–Crippen MR) is 70.4 cm³/mol. The monoisotopic (exact) mass is 265 g/mol. The van der Waals surface area contributed by atoms with Crippen molar-refractivity contribution in [2.24, 2.45) is 5.92 Å². The Hall–Kier alpha value is -1.88. The second-order valence-electron chi connectivity index (χ2n) is 4.18. The fraction of sp³-hybridized carbons (Fsp3) is 0.429. The summed E-state index contributed by atoms with van der Waals surface area (Å²) in [7, 11) is 0. The van der Waals surface area contributed by atoms with E-state index in [4.69, 9.17) is 9.84 Å². The minimum atomic E-state index is -1.12. The van der Waals surface area contributed by atoms with Gasteiger partial charge in [-0.05, 0) is 25.0 Å². The van der Waals surface area contributed by atoms with Crippen LogP contribution in [0.25, 0.3) is 0 Å². The lowest BCUT2D eigenvalue weighted by molar-refractivity contribution is -0.146. The first-order valence-electron chi connectivity index (χ1n) is 6.21. The Labute approximate surface area is 112 Å². The molecule has 0 aliphatic rings. The van der Waals surface area contributed by atoms with Crippen LogP contribution in [0.3, 0.4) is 0 Å². The molecule has 0 fully saturated rings. The molecule has 1 amide bonds. The highest BCUT2D eigenvalue weighted by atomic mass is 16.5. The molecular formula is C14H19NO4. The predicted octanol–water partition coefficient (Wildman–Crippen LogP) is 1.56. The summed E-state index contributed by atoms with van der Waals surface area (Å²) in [5, 5.41) is 11.4. The minimum Gasteiger partial charge on any atom is -0.481 e. The first-order chi connectivity index (χ1) is 9.06. The van der Waals surface area contributed by atoms with Gasteiger partial charge in [0.15, 0.2) is 0 Å². The van der Waals surface area contributed by atoms with Crippen LogP contribution in [0.4, 0.5) is 0 Å². The molecule has 104 valence electrons. The molecule has 0 bridgehead atoms. The number of aliphatic carboxylic acids is 1. The fourth-order valence-electron chi connectivity index (χ4n) is 1.53. The Balaban J connectivity index is 2.62. The third-order valence-corrected chi connectivity index (χ3v) is 2.80. The molecule has 1 aromatic carbocycles. The topological polar surface area (TPSA) is 75.6 Å². The molecule has 1 unspecified atom stereocenters. The smallest absolute Gasteiger partial charge is 0.315 e. The van der Waals surface area contributed by atoms with Crippen LogP contribution in [-0.4, -0.2) is 23.6 Å². The number of hydrogen-bond acceptors (Lipinski definition) is 3. The lowest BCUT2D eigenvalue weighted by Gasteiger charge is -2.12. The van der Waals surface area contributed by atoms with Crippen molar-refractivity contribution in [2.75, 3.05) is 6.61 Å². The van der Waals surface area contributed by atoms with E-state index in [0.717, 1.165) is 11.1 Å². The van der Waals surface area contributed by atoms with Crippen LogP contribution in [0.2, 0.25) is 0 Å². The van der Waals surface area contributed by atoms with Gasteiger partial charge in [0, 0.05) is 13.2 Å². The van der Waals surface area contributed by atoms with Gasteiger partial charge in [0.25, 0.3) is 0 Å². The number of benzene rings is 1. The number of hydrogen-bond donors (Lipinski definition) is 2. The van der Waals surface area contributed by atoms with Crippen molar-refractivity contribution in [1.82, 2.24) is 5.32 Å². The van der Waals surface area contributed by atoms with Crippen LogP contribution in [0.5, 0.6) is 0 Å². The summed E-state index contributed by atoms with van der Waals surface area (Å²) in [6.45, 7) is 4.69. The molecule has 0 saturated carbocycles.